The second-order valence-electron chi connectivity index (χ2n) is 8.13. The van der Waals surface area contributed by atoms with E-state index in [2.05, 4.69) is 0 Å². The third kappa shape index (κ3) is 4.15. The number of hydrogen-bond donors (Lipinski definition) is 1. The number of thiophene rings is 1. The van der Waals surface area contributed by atoms with Crippen molar-refractivity contribution in [2.45, 2.75) is 52.4 Å². The summed E-state index contributed by atoms with van der Waals surface area (Å²) in [5.74, 6) is 0.258. The Bertz CT molecular complexity index is 719. The van der Waals surface area contributed by atoms with Gasteiger partial charge in [0.05, 0.1) is 0 Å². The summed E-state index contributed by atoms with van der Waals surface area (Å²) in [6.45, 7) is 12.3. The van der Waals surface area contributed by atoms with E-state index in [0.29, 0.717) is 11.3 Å². The van der Waals surface area contributed by atoms with E-state index in [-0.39, 0.29) is 16.6 Å². The van der Waals surface area contributed by atoms with E-state index in [1.54, 1.807) is 17.4 Å². The smallest absolute Gasteiger partial charge is 0.185 e. The van der Waals surface area contributed by atoms with Crippen LogP contribution >= 0.6 is 11.3 Å². The minimum atomic E-state index is -0.238. The molecular formula is C21H26O2S. The summed E-state index contributed by atoms with van der Waals surface area (Å²) in [4.78, 5) is 13.7. The summed E-state index contributed by atoms with van der Waals surface area (Å²) in [5.41, 5.74) is 1.76. The highest BCUT2D eigenvalue weighted by molar-refractivity contribution is 7.10. The van der Waals surface area contributed by atoms with E-state index in [1.807, 2.05) is 77.3 Å². The molecule has 2 aromatic rings. The Morgan fingerprint density at radius 1 is 1.04 bits per heavy atom. The van der Waals surface area contributed by atoms with Gasteiger partial charge in [-0.1, -0.05) is 47.6 Å². The second kappa shape index (κ2) is 6.56. The predicted molar refractivity (Wildman–Crippen MR) is 103 cm³/mol. The molecule has 1 aromatic carbocycles. The van der Waals surface area contributed by atoms with Gasteiger partial charge in [-0.05, 0) is 46.6 Å². The molecule has 2 nitrogen and oxygen atoms in total. The lowest BCUT2D eigenvalue weighted by molar-refractivity contribution is 0.104. The Hall–Kier alpha value is -1.87. The molecule has 0 amide bonds. The summed E-state index contributed by atoms with van der Waals surface area (Å²) < 4.78 is 0. The van der Waals surface area contributed by atoms with Gasteiger partial charge in [0.25, 0.3) is 0 Å². The highest BCUT2D eigenvalue weighted by Crippen LogP contribution is 2.39. The quantitative estimate of drug-likeness (QED) is 0.553. The Balaban J connectivity index is 2.52. The SMILES string of the molecule is CC(C)(C)c1cc(C(=O)/C=C/c2cccs2)cc(C(C)(C)C)c1O. The third-order valence-electron chi connectivity index (χ3n) is 3.95. The lowest BCUT2D eigenvalue weighted by Gasteiger charge is -2.27. The number of ketones is 1. The molecule has 0 aliphatic heterocycles. The van der Waals surface area contributed by atoms with Gasteiger partial charge in [-0.25, -0.2) is 0 Å². The summed E-state index contributed by atoms with van der Waals surface area (Å²) in [6.07, 6.45) is 3.45. The van der Waals surface area contributed by atoms with Gasteiger partial charge in [-0.15, -0.1) is 11.3 Å². The van der Waals surface area contributed by atoms with Gasteiger partial charge < -0.3 is 5.11 Å². The Kier molecular flexibility index (Phi) is 5.05. The van der Waals surface area contributed by atoms with Gasteiger partial charge >= 0.3 is 0 Å². The molecule has 0 unspecified atom stereocenters. The zero-order valence-corrected chi connectivity index (χ0v) is 16.1. The summed E-state index contributed by atoms with van der Waals surface area (Å²) in [6, 6.07) is 7.59. The largest absolute Gasteiger partial charge is 0.507 e. The maximum absolute atomic E-state index is 12.6. The molecule has 1 N–H and O–H groups in total. The van der Waals surface area contributed by atoms with Crippen LogP contribution in [0.1, 0.15) is 67.9 Å². The van der Waals surface area contributed by atoms with Crippen LogP contribution in [0.15, 0.2) is 35.7 Å². The van der Waals surface area contributed by atoms with E-state index in [4.69, 9.17) is 0 Å². The zero-order valence-electron chi connectivity index (χ0n) is 15.3. The van der Waals surface area contributed by atoms with Gasteiger partial charge in [0, 0.05) is 21.6 Å². The van der Waals surface area contributed by atoms with E-state index in [0.717, 1.165) is 16.0 Å². The number of benzene rings is 1. The molecular weight excluding hydrogens is 316 g/mol. The molecule has 2 rings (SSSR count). The van der Waals surface area contributed by atoms with Crippen LogP contribution in [0.3, 0.4) is 0 Å². The van der Waals surface area contributed by atoms with Crippen molar-refractivity contribution in [3.8, 4) is 5.75 Å². The van der Waals surface area contributed by atoms with Crippen molar-refractivity contribution in [2.75, 3.05) is 0 Å². The lowest BCUT2D eigenvalue weighted by Crippen LogP contribution is -2.18. The van der Waals surface area contributed by atoms with Gasteiger partial charge in [0.15, 0.2) is 5.78 Å². The molecule has 1 heterocycles. The number of carbonyl (C=O) groups excluding carboxylic acids is 1. The first-order valence-corrected chi connectivity index (χ1v) is 9.02. The summed E-state index contributed by atoms with van der Waals surface area (Å²) in [5, 5.41) is 12.7. The van der Waals surface area contributed by atoms with Crippen molar-refractivity contribution in [1.82, 2.24) is 0 Å². The minimum Gasteiger partial charge on any atom is -0.507 e. The molecule has 0 aliphatic carbocycles. The minimum absolute atomic E-state index is 0.0422. The first kappa shape index (κ1) is 18.5. The maximum Gasteiger partial charge on any atom is 0.185 e. The van der Waals surface area contributed by atoms with Gasteiger partial charge in [0.2, 0.25) is 0 Å². The number of carbonyl (C=O) groups is 1. The van der Waals surface area contributed by atoms with Crippen LogP contribution in [0.25, 0.3) is 6.08 Å². The second-order valence-corrected chi connectivity index (χ2v) is 9.11. The standard InChI is InChI=1S/C21H26O2S/c1-20(2,3)16-12-14(13-17(19(16)23)21(4,5)6)18(22)10-9-15-8-7-11-24-15/h7-13,23H,1-6H3/b10-9+. The average molecular weight is 343 g/mol. The Morgan fingerprint density at radius 2 is 1.58 bits per heavy atom. The number of hydrogen-bond acceptors (Lipinski definition) is 3. The molecule has 3 heteroatoms. The molecule has 0 saturated carbocycles. The van der Waals surface area contributed by atoms with E-state index in [9.17, 15) is 9.90 Å². The zero-order chi connectivity index (χ0) is 18.1. The Morgan fingerprint density at radius 3 is 2.00 bits per heavy atom. The number of aromatic hydroxyl groups is 1. The topological polar surface area (TPSA) is 37.3 Å². The van der Waals surface area contributed by atoms with Crippen molar-refractivity contribution in [2.24, 2.45) is 0 Å². The molecule has 0 aliphatic rings. The van der Waals surface area contributed by atoms with Crippen LogP contribution in [0.4, 0.5) is 0 Å². The van der Waals surface area contributed by atoms with Crippen molar-refractivity contribution in [3.05, 3.63) is 57.3 Å². The molecule has 0 atom stereocenters. The van der Waals surface area contributed by atoms with Gasteiger partial charge in [-0.2, -0.15) is 0 Å². The van der Waals surface area contributed by atoms with Crippen LogP contribution in [0, 0.1) is 0 Å². The van der Waals surface area contributed by atoms with E-state index >= 15 is 0 Å². The van der Waals surface area contributed by atoms with Crippen molar-refractivity contribution >= 4 is 23.2 Å². The molecule has 0 bridgehead atoms. The molecule has 0 fully saturated rings. The maximum atomic E-state index is 12.6. The fraction of sp³-hybridized carbons (Fsp3) is 0.381. The van der Waals surface area contributed by atoms with Crippen LogP contribution in [-0.4, -0.2) is 10.9 Å². The highest BCUT2D eigenvalue weighted by atomic mass is 32.1. The van der Waals surface area contributed by atoms with E-state index < -0.39 is 0 Å². The fourth-order valence-electron chi connectivity index (χ4n) is 2.56. The normalized spacial score (nSPS) is 12.8. The van der Waals surface area contributed by atoms with Gasteiger partial charge in [-0.3, -0.25) is 4.79 Å². The Labute approximate surface area is 148 Å². The van der Waals surface area contributed by atoms with Crippen molar-refractivity contribution in [3.63, 3.8) is 0 Å². The number of phenolic OH excluding ortho intramolecular Hbond substituents is 1. The number of allylic oxidation sites excluding steroid dienone is 1. The molecule has 0 spiro atoms. The monoisotopic (exact) mass is 342 g/mol. The first-order chi connectivity index (χ1) is 11.0. The van der Waals surface area contributed by atoms with Crippen LogP contribution in [0.2, 0.25) is 0 Å². The van der Waals surface area contributed by atoms with Gasteiger partial charge in [0.1, 0.15) is 5.75 Å². The summed E-state index contributed by atoms with van der Waals surface area (Å²) >= 11 is 1.60. The van der Waals surface area contributed by atoms with Crippen molar-refractivity contribution in [1.29, 1.82) is 0 Å². The molecule has 0 saturated heterocycles. The predicted octanol–water partition coefficient (Wildman–Crippen LogP) is 5.94. The molecule has 24 heavy (non-hydrogen) atoms. The average Bonchev–Trinajstić information content (AvgIpc) is 2.95. The van der Waals surface area contributed by atoms with Crippen LogP contribution in [0.5, 0.6) is 5.75 Å². The highest BCUT2D eigenvalue weighted by Gasteiger charge is 2.27. The first-order valence-electron chi connectivity index (χ1n) is 8.14. The van der Waals surface area contributed by atoms with E-state index in [1.165, 1.54) is 0 Å². The molecule has 0 radical (unpaired) electrons. The van der Waals surface area contributed by atoms with Crippen LogP contribution < -0.4 is 0 Å². The summed E-state index contributed by atoms with van der Waals surface area (Å²) in [7, 11) is 0. The molecule has 128 valence electrons. The number of rotatable bonds is 3. The number of phenols is 1. The molecule has 1 aromatic heterocycles. The fourth-order valence-corrected chi connectivity index (χ4v) is 3.18. The third-order valence-corrected chi connectivity index (χ3v) is 4.79. The van der Waals surface area contributed by atoms with Crippen molar-refractivity contribution < 1.29 is 9.90 Å². The lowest BCUT2D eigenvalue weighted by atomic mass is 9.78. The van der Waals surface area contributed by atoms with Crippen LogP contribution in [-0.2, 0) is 10.8 Å².